The van der Waals surface area contributed by atoms with Crippen molar-refractivity contribution >= 4 is 0 Å². The van der Waals surface area contributed by atoms with E-state index in [-0.39, 0.29) is 0 Å². The van der Waals surface area contributed by atoms with Crippen LogP contribution in [0.15, 0.2) is 12.2 Å². The first-order valence-electron chi connectivity index (χ1n) is 6.95. The normalized spacial score (nSPS) is 24.3. The van der Waals surface area contributed by atoms with Crippen molar-refractivity contribution in [3.8, 4) is 0 Å². The monoisotopic (exact) mass is 239 g/mol. The van der Waals surface area contributed by atoms with Gasteiger partial charge in [-0.05, 0) is 38.0 Å². The summed E-state index contributed by atoms with van der Waals surface area (Å²) in [6.45, 7) is 13.1. The number of hydrogen-bond donors (Lipinski definition) is 1. The maximum Gasteiger partial charge on any atom is 0.0672 e. The molecule has 0 amide bonds. The van der Waals surface area contributed by atoms with E-state index >= 15 is 0 Å². The second kappa shape index (κ2) is 7.17. The molecule has 17 heavy (non-hydrogen) atoms. The predicted molar refractivity (Wildman–Crippen MR) is 74.3 cm³/mol. The topological polar surface area (TPSA) is 21.3 Å². The third-order valence-electron chi connectivity index (χ3n) is 3.60. The smallest absolute Gasteiger partial charge is 0.0672 e. The molecule has 100 valence electrons. The van der Waals surface area contributed by atoms with Crippen molar-refractivity contribution in [2.75, 3.05) is 19.8 Å². The van der Waals surface area contributed by atoms with Crippen molar-refractivity contribution in [3.05, 3.63) is 12.2 Å². The fourth-order valence-corrected chi connectivity index (χ4v) is 2.45. The van der Waals surface area contributed by atoms with E-state index in [4.69, 9.17) is 4.74 Å². The molecule has 1 aliphatic rings. The largest absolute Gasteiger partial charge is 0.376 e. The maximum atomic E-state index is 5.50. The number of nitrogens with one attached hydrogen (secondary N) is 1. The zero-order chi connectivity index (χ0) is 12.7. The van der Waals surface area contributed by atoms with E-state index in [9.17, 15) is 0 Å². The predicted octanol–water partition coefficient (Wildman–Crippen LogP) is 3.53. The molecule has 0 radical (unpaired) electrons. The molecule has 0 spiro atoms. The van der Waals surface area contributed by atoms with Crippen LogP contribution in [-0.4, -0.2) is 25.8 Å². The lowest BCUT2D eigenvalue weighted by molar-refractivity contribution is 0.154. The Bertz CT molecular complexity index is 235. The highest BCUT2D eigenvalue weighted by atomic mass is 16.5. The van der Waals surface area contributed by atoms with Gasteiger partial charge in [-0.2, -0.15) is 0 Å². The molecule has 1 rings (SSSR count). The van der Waals surface area contributed by atoms with Crippen LogP contribution in [0.3, 0.4) is 0 Å². The Labute approximate surface area is 107 Å². The Hall–Kier alpha value is -0.340. The summed E-state index contributed by atoms with van der Waals surface area (Å²) in [5.74, 6) is 0. The average molecular weight is 239 g/mol. The summed E-state index contributed by atoms with van der Waals surface area (Å²) in [7, 11) is 0. The van der Waals surface area contributed by atoms with E-state index in [1.807, 2.05) is 6.92 Å². The first kappa shape index (κ1) is 14.7. The van der Waals surface area contributed by atoms with Crippen LogP contribution >= 0.6 is 0 Å². The first-order chi connectivity index (χ1) is 7.99. The Morgan fingerprint density at radius 3 is 2.82 bits per heavy atom. The van der Waals surface area contributed by atoms with Crippen LogP contribution in [0.25, 0.3) is 0 Å². The van der Waals surface area contributed by atoms with Crippen LogP contribution in [0.1, 0.15) is 52.9 Å². The van der Waals surface area contributed by atoms with Crippen molar-refractivity contribution in [2.24, 2.45) is 5.41 Å². The minimum Gasteiger partial charge on any atom is -0.376 e. The van der Waals surface area contributed by atoms with Crippen LogP contribution in [0.2, 0.25) is 0 Å². The summed E-state index contributed by atoms with van der Waals surface area (Å²) in [5, 5.41) is 3.62. The van der Waals surface area contributed by atoms with E-state index in [2.05, 4.69) is 25.7 Å². The minimum atomic E-state index is 0.548. The number of rotatable bonds is 6. The van der Waals surface area contributed by atoms with Crippen LogP contribution in [-0.2, 0) is 4.74 Å². The first-order valence-corrected chi connectivity index (χ1v) is 6.95. The second-order valence-corrected chi connectivity index (χ2v) is 6.26. The van der Waals surface area contributed by atoms with E-state index in [0.29, 0.717) is 18.1 Å². The fourth-order valence-electron chi connectivity index (χ4n) is 2.45. The molecule has 1 N–H and O–H groups in total. The molecule has 0 bridgehead atoms. The second-order valence-electron chi connectivity index (χ2n) is 6.26. The summed E-state index contributed by atoms with van der Waals surface area (Å²) < 4.78 is 5.50. The number of ether oxygens (including phenoxy) is 1. The Morgan fingerprint density at radius 1 is 1.35 bits per heavy atom. The third-order valence-corrected chi connectivity index (χ3v) is 3.60. The molecule has 1 aliphatic carbocycles. The zero-order valence-corrected chi connectivity index (χ0v) is 11.8. The average Bonchev–Trinajstić information content (AvgIpc) is 2.39. The van der Waals surface area contributed by atoms with Crippen molar-refractivity contribution in [2.45, 2.75) is 58.9 Å². The van der Waals surface area contributed by atoms with Gasteiger partial charge in [-0.1, -0.05) is 32.4 Å². The van der Waals surface area contributed by atoms with Gasteiger partial charge in [-0.15, -0.1) is 0 Å². The third kappa shape index (κ3) is 6.85. The molecule has 1 unspecified atom stereocenters. The van der Waals surface area contributed by atoms with Crippen molar-refractivity contribution in [3.63, 3.8) is 0 Å². The van der Waals surface area contributed by atoms with Gasteiger partial charge in [0.05, 0.1) is 13.2 Å². The van der Waals surface area contributed by atoms with Gasteiger partial charge in [-0.25, -0.2) is 0 Å². The minimum absolute atomic E-state index is 0.548. The lowest BCUT2D eigenvalue weighted by Crippen LogP contribution is -2.31. The van der Waals surface area contributed by atoms with Gasteiger partial charge >= 0.3 is 0 Å². The molecule has 0 aromatic heterocycles. The summed E-state index contributed by atoms with van der Waals surface area (Å²) in [5.41, 5.74) is 1.65. The molecule has 0 aromatic carbocycles. The lowest BCUT2D eigenvalue weighted by Gasteiger charge is -2.22. The Morgan fingerprint density at radius 2 is 2.12 bits per heavy atom. The van der Waals surface area contributed by atoms with Crippen LogP contribution in [0, 0.1) is 5.41 Å². The lowest BCUT2D eigenvalue weighted by atomic mass is 9.85. The van der Waals surface area contributed by atoms with Crippen LogP contribution < -0.4 is 5.32 Å². The molecule has 0 heterocycles. The van der Waals surface area contributed by atoms with E-state index < -0.39 is 0 Å². The van der Waals surface area contributed by atoms with Gasteiger partial charge in [0.15, 0.2) is 0 Å². The van der Waals surface area contributed by atoms with Crippen LogP contribution in [0.4, 0.5) is 0 Å². The Kier molecular flexibility index (Phi) is 6.21. The van der Waals surface area contributed by atoms with E-state index in [1.165, 1.54) is 32.1 Å². The molecule has 2 heteroatoms. The van der Waals surface area contributed by atoms with Gasteiger partial charge in [0.2, 0.25) is 0 Å². The molecule has 2 nitrogen and oxygen atoms in total. The van der Waals surface area contributed by atoms with E-state index in [1.54, 1.807) is 0 Å². The highest BCUT2D eigenvalue weighted by Crippen LogP contribution is 2.33. The summed E-state index contributed by atoms with van der Waals surface area (Å²) in [6, 6.07) is 0.699. The Balaban J connectivity index is 2.09. The standard InChI is InChI=1S/C15H29NO/c1-13(2)12-17-11-10-16-14-6-5-8-15(3,4)9-7-14/h14,16H,1,5-12H2,2-4H3. The van der Waals surface area contributed by atoms with Crippen LogP contribution in [0.5, 0.6) is 0 Å². The summed E-state index contributed by atoms with van der Waals surface area (Å²) in [4.78, 5) is 0. The highest BCUT2D eigenvalue weighted by Gasteiger charge is 2.23. The van der Waals surface area contributed by atoms with Crippen molar-refractivity contribution in [1.82, 2.24) is 5.32 Å². The summed E-state index contributed by atoms with van der Waals surface area (Å²) >= 11 is 0. The molecule has 1 saturated carbocycles. The van der Waals surface area contributed by atoms with E-state index in [0.717, 1.165) is 18.7 Å². The van der Waals surface area contributed by atoms with Gasteiger partial charge in [0.25, 0.3) is 0 Å². The molecule has 0 aliphatic heterocycles. The van der Waals surface area contributed by atoms with Crippen molar-refractivity contribution in [1.29, 1.82) is 0 Å². The van der Waals surface area contributed by atoms with Crippen molar-refractivity contribution < 1.29 is 4.74 Å². The molecule has 1 atom stereocenters. The zero-order valence-electron chi connectivity index (χ0n) is 11.8. The molecule has 0 aromatic rings. The van der Waals surface area contributed by atoms with Gasteiger partial charge in [0.1, 0.15) is 0 Å². The SMILES string of the molecule is C=C(C)COCCNC1CCCC(C)(C)CC1. The molecular weight excluding hydrogens is 210 g/mol. The number of hydrogen-bond acceptors (Lipinski definition) is 2. The van der Waals surface area contributed by atoms with Gasteiger partial charge < -0.3 is 10.1 Å². The fraction of sp³-hybridized carbons (Fsp3) is 0.867. The highest BCUT2D eigenvalue weighted by molar-refractivity contribution is 4.87. The molecule has 0 saturated heterocycles. The molecular formula is C15H29NO. The van der Waals surface area contributed by atoms with Gasteiger partial charge in [-0.3, -0.25) is 0 Å². The molecule has 1 fully saturated rings. The summed E-state index contributed by atoms with van der Waals surface area (Å²) in [6.07, 6.45) is 6.71. The van der Waals surface area contributed by atoms with Gasteiger partial charge in [0, 0.05) is 12.6 Å². The maximum absolute atomic E-state index is 5.50. The quantitative estimate of drug-likeness (QED) is 0.435.